The quantitative estimate of drug-likeness (QED) is 0.580. The average molecular weight is 288 g/mol. The van der Waals surface area contributed by atoms with Gasteiger partial charge in [-0.3, -0.25) is 4.79 Å². The second-order valence-electron chi connectivity index (χ2n) is 5.84. The highest BCUT2D eigenvalue weighted by Gasteiger charge is 2.20. The largest absolute Gasteiger partial charge is 0.481 e. The molecule has 0 saturated carbocycles. The number of carboxylic acids is 1. The first-order valence-electron chi connectivity index (χ1n) is 7.61. The van der Waals surface area contributed by atoms with Crippen molar-refractivity contribution in [1.29, 1.82) is 0 Å². The molecule has 0 saturated heterocycles. The minimum atomic E-state index is -0.724. The average Bonchev–Trinajstić information content (AvgIpc) is 2.84. The van der Waals surface area contributed by atoms with Crippen molar-refractivity contribution in [2.75, 3.05) is 0 Å². The Hall–Kier alpha value is -2.61. The summed E-state index contributed by atoms with van der Waals surface area (Å²) in [5.41, 5.74) is 6.39. The summed E-state index contributed by atoms with van der Waals surface area (Å²) in [6.07, 6.45) is 1.72. The van der Waals surface area contributed by atoms with E-state index < -0.39 is 5.97 Å². The van der Waals surface area contributed by atoms with Crippen LogP contribution in [0.25, 0.3) is 33.0 Å². The standard InChI is InChI=1S/C20H16O2/c21-19(22)10-3-5-13-11-14-6-4-9-17-15-7-1-2-8-16(15)18(12-13)20(14)17/h1-2,4,6-9,11-12H,3,5,10H2,(H,21,22). The molecule has 0 heterocycles. The maximum atomic E-state index is 10.7. The third kappa shape index (κ3) is 2.00. The van der Waals surface area contributed by atoms with Gasteiger partial charge in [-0.2, -0.15) is 0 Å². The molecule has 2 heteroatoms. The first kappa shape index (κ1) is 13.1. The summed E-state index contributed by atoms with van der Waals surface area (Å²) in [4.78, 5) is 10.7. The van der Waals surface area contributed by atoms with Crippen LogP contribution in [0, 0.1) is 0 Å². The van der Waals surface area contributed by atoms with Gasteiger partial charge in [0.2, 0.25) is 0 Å². The van der Waals surface area contributed by atoms with Gasteiger partial charge >= 0.3 is 5.97 Å². The van der Waals surface area contributed by atoms with Gasteiger partial charge in [-0.25, -0.2) is 0 Å². The molecule has 0 aromatic heterocycles. The molecule has 0 bridgehead atoms. The number of aliphatic carboxylic acids is 1. The molecule has 2 nitrogen and oxygen atoms in total. The first-order chi connectivity index (χ1) is 10.7. The molecule has 0 fully saturated rings. The molecular formula is C20H16O2. The summed E-state index contributed by atoms with van der Waals surface area (Å²) in [5, 5.41) is 11.4. The van der Waals surface area contributed by atoms with Gasteiger partial charge in [0.05, 0.1) is 0 Å². The zero-order valence-electron chi connectivity index (χ0n) is 12.2. The minimum Gasteiger partial charge on any atom is -0.481 e. The highest BCUT2D eigenvalue weighted by molar-refractivity contribution is 6.15. The van der Waals surface area contributed by atoms with Gasteiger partial charge in [-0.1, -0.05) is 54.6 Å². The Morgan fingerprint density at radius 1 is 0.864 bits per heavy atom. The Bertz CT molecular complexity index is 893. The minimum absolute atomic E-state index is 0.226. The van der Waals surface area contributed by atoms with Crippen molar-refractivity contribution >= 4 is 16.7 Å². The molecule has 1 aliphatic carbocycles. The zero-order valence-corrected chi connectivity index (χ0v) is 12.2. The number of fused-ring (bicyclic) bond motifs is 3. The van der Waals surface area contributed by atoms with E-state index in [0.717, 1.165) is 6.42 Å². The van der Waals surface area contributed by atoms with Crippen molar-refractivity contribution in [1.82, 2.24) is 0 Å². The number of hydrogen-bond donors (Lipinski definition) is 1. The van der Waals surface area contributed by atoms with Crippen molar-refractivity contribution in [3.05, 3.63) is 60.2 Å². The van der Waals surface area contributed by atoms with Crippen molar-refractivity contribution < 1.29 is 9.90 Å². The normalized spacial score (nSPS) is 11.6. The van der Waals surface area contributed by atoms with Gasteiger partial charge in [0.1, 0.15) is 0 Å². The maximum absolute atomic E-state index is 10.7. The van der Waals surface area contributed by atoms with E-state index in [1.54, 1.807) is 0 Å². The lowest BCUT2D eigenvalue weighted by atomic mass is 9.97. The Kier molecular flexibility index (Phi) is 2.97. The lowest BCUT2D eigenvalue weighted by molar-refractivity contribution is -0.137. The van der Waals surface area contributed by atoms with Crippen molar-refractivity contribution in [3.8, 4) is 22.3 Å². The fraction of sp³-hybridized carbons (Fsp3) is 0.150. The summed E-state index contributed by atoms with van der Waals surface area (Å²) in [6.45, 7) is 0. The Labute approximate surface area is 129 Å². The lowest BCUT2D eigenvalue weighted by Gasteiger charge is -2.07. The molecule has 4 rings (SSSR count). The van der Waals surface area contributed by atoms with Gasteiger partial charge in [0.25, 0.3) is 0 Å². The molecule has 3 aromatic carbocycles. The van der Waals surface area contributed by atoms with Gasteiger partial charge < -0.3 is 5.11 Å². The summed E-state index contributed by atoms with van der Waals surface area (Å²) in [6, 6.07) is 19.4. The van der Waals surface area contributed by atoms with Crippen LogP contribution in [0.1, 0.15) is 18.4 Å². The number of hydrogen-bond acceptors (Lipinski definition) is 1. The maximum Gasteiger partial charge on any atom is 0.303 e. The molecule has 3 aromatic rings. The third-order valence-electron chi connectivity index (χ3n) is 4.40. The smallest absolute Gasteiger partial charge is 0.303 e. The van der Waals surface area contributed by atoms with E-state index in [1.165, 1.54) is 38.6 Å². The van der Waals surface area contributed by atoms with E-state index in [9.17, 15) is 4.79 Å². The zero-order chi connectivity index (χ0) is 15.1. The van der Waals surface area contributed by atoms with Gasteiger partial charge in [-0.05, 0) is 51.4 Å². The topological polar surface area (TPSA) is 37.3 Å². The predicted molar refractivity (Wildman–Crippen MR) is 89.0 cm³/mol. The van der Waals surface area contributed by atoms with E-state index >= 15 is 0 Å². The van der Waals surface area contributed by atoms with Crippen LogP contribution >= 0.6 is 0 Å². The van der Waals surface area contributed by atoms with Crippen LogP contribution < -0.4 is 0 Å². The second kappa shape index (κ2) is 4.99. The third-order valence-corrected chi connectivity index (χ3v) is 4.40. The fourth-order valence-electron chi connectivity index (χ4n) is 3.47. The lowest BCUT2D eigenvalue weighted by Crippen LogP contribution is -1.96. The highest BCUT2D eigenvalue weighted by Crippen LogP contribution is 2.47. The van der Waals surface area contributed by atoms with Crippen molar-refractivity contribution in [3.63, 3.8) is 0 Å². The van der Waals surface area contributed by atoms with Crippen LogP contribution in [0.2, 0.25) is 0 Å². The van der Waals surface area contributed by atoms with Gasteiger partial charge in [0.15, 0.2) is 0 Å². The molecule has 0 aliphatic heterocycles. The molecule has 0 amide bonds. The van der Waals surface area contributed by atoms with E-state index in [2.05, 4.69) is 54.6 Å². The molecule has 0 atom stereocenters. The van der Waals surface area contributed by atoms with Crippen LogP contribution in [-0.2, 0) is 11.2 Å². The number of carboxylic acid groups (broad SMARTS) is 1. The van der Waals surface area contributed by atoms with Crippen LogP contribution in [0.5, 0.6) is 0 Å². The highest BCUT2D eigenvalue weighted by atomic mass is 16.4. The summed E-state index contributed by atoms with van der Waals surface area (Å²) in [5.74, 6) is -0.724. The molecule has 0 radical (unpaired) electrons. The summed E-state index contributed by atoms with van der Waals surface area (Å²) < 4.78 is 0. The predicted octanol–water partition coefficient (Wildman–Crippen LogP) is 4.89. The second-order valence-corrected chi connectivity index (χ2v) is 5.84. The van der Waals surface area contributed by atoms with E-state index in [-0.39, 0.29) is 6.42 Å². The fourth-order valence-corrected chi connectivity index (χ4v) is 3.47. The Morgan fingerprint density at radius 3 is 2.36 bits per heavy atom. The van der Waals surface area contributed by atoms with E-state index in [4.69, 9.17) is 5.11 Å². The van der Waals surface area contributed by atoms with Crippen LogP contribution in [0.15, 0.2) is 54.6 Å². The number of carbonyl (C=O) groups is 1. The molecular weight excluding hydrogens is 272 g/mol. The molecule has 1 aliphatic rings. The molecule has 0 spiro atoms. The number of benzene rings is 3. The molecule has 0 unspecified atom stereocenters. The van der Waals surface area contributed by atoms with Gasteiger partial charge in [0, 0.05) is 6.42 Å². The Morgan fingerprint density at radius 2 is 1.59 bits per heavy atom. The van der Waals surface area contributed by atoms with Crippen LogP contribution in [0.4, 0.5) is 0 Å². The SMILES string of the molecule is O=C(O)CCCc1cc2c3c(cccc3c1)-c1ccccc1-2. The van der Waals surface area contributed by atoms with Crippen LogP contribution in [-0.4, -0.2) is 11.1 Å². The number of rotatable bonds is 4. The monoisotopic (exact) mass is 288 g/mol. The molecule has 1 N–H and O–H groups in total. The van der Waals surface area contributed by atoms with Crippen LogP contribution in [0.3, 0.4) is 0 Å². The van der Waals surface area contributed by atoms with E-state index in [1.807, 2.05) is 0 Å². The summed E-state index contributed by atoms with van der Waals surface area (Å²) in [7, 11) is 0. The first-order valence-corrected chi connectivity index (χ1v) is 7.61. The van der Waals surface area contributed by atoms with Crippen molar-refractivity contribution in [2.45, 2.75) is 19.3 Å². The van der Waals surface area contributed by atoms with Crippen molar-refractivity contribution in [2.24, 2.45) is 0 Å². The van der Waals surface area contributed by atoms with E-state index in [0.29, 0.717) is 6.42 Å². The Balaban J connectivity index is 1.84. The number of aryl methyl sites for hydroxylation is 1. The van der Waals surface area contributed by atoms with Gasteiger partial charge in [-0.15, -0.1) is 0 Å². The summed E-state index contributed by atoms with van der Waals surface area (Å²) >= 11 is 0. The molecule has 22 heavy (non-hydrogen) atoms. The molecule has 108 valence electrons.